The summed E-state index contributed by atoms with van der Waals surface area (Å²) in [4.78, 5) is 0. The Morgan fingerprint density at radius 1 is 1.29 bits per heavy atom. The molecule has 1 N–H and O–H groups in total. The maximum atomic E-state index is 14.0. The first kappa shape index (κ1) is 18.4. The quantitative estimate of drug-likeness (QED) is 0.727. The molecule has 0 saturated heterocycles. The van der Waals surface area contributed by atoms with Crippen LogP contribution in [0.3, 0.4) is 0 Å². The minimum absolute atomic E-state index is 0.0391. The first-order chi connectivity index (χ1) is 10.0. The summed E-state index contributed by atoms with van der Waals surface area (Å²) in [6.45, 7) is 9.90. The Morgan fingerprint density at radius 2 is 2.00 bits per heavy atom. The molecule has 1 aromatic rings. The van der Waals surface area contributed by atoms with Crippen LogP contribution < -0.4 is 5.32 Å². The molecule has 0 aliphatic carbocycles. The smallest absolute Gasteiger partial charge is 0.127 e. The number of hydrogen-bond donors (Lipinski definition) is 1. The molecule has 2 atom stereocenters. The van der Waals surface area contributed by atoms with E-state index in [-0.39, 0.29) is 18.0 Å². The van der Waals surface area contributed by atoms with Gasteiger partial charge in [-0.05, 0) is 44.4 Å². The van der Waals surface area contributed by atoms with Gasteiger partial charge >= 0.3 is 0 Å². The summed E-state index contributed by atoms with van der Waals surface area (Å²) in [6, 6.07) is 4.89. The van der Waals surface area contributed by atoms with Gasteiger partial charge in [0, 0.05) is 23.2 Å². The van der Waals surface area contributed by atoms with E-state index in [1.54, 1.807) is 12.1 Å². The number of benzene rings is 1. The topological polar surface area (TPSA) is 21.3 Å². The van der Waals surface area contributed by atoms with Gasteiger partial charge in [-0.25, -0.2) is 4.39 Å². The van der Waals surface area contributed by atoms with Gasteiger partial charge < -0.3 is 10.1 Å². The average Bonchev–Trinajstić information content (AvgIpc) is 2.44. The second-order valence-electron chi connectivity index (χ2n) is 5.63. The number of nitrogens with one attached hydrogen (secondary N) is 1. The van der Waals surface area contributed by atoms with E-state index < -0.39 is 0 Å². The molecule has 1 rings (SSSR count). The van der Waals surface area contributed by atoms with Gasteiger partial charge in [0.25, 0.3) is 0 Å². The number of hydrogen-bond acceptors (Lipinski definition) is 2. The Hall–Kier alpha value is -0.640. The second-order valence-corrected chi connectivity index (χ2v) is 6.04. The van der Waals surface area contributed by atoms with E-state index in [2.05, 4.69) is 26.1 Å². The first-order valence-corrected chi connectivity index (χ1v) is 8.16. The van der Waals surface area contributed by atoms with Crippen molar-refractivity contribution in [3.8, 4) is 0 Å². The molecule has 0 fully saturated rings. The third-order valence-electron chi connectivity index (χ3n) is 3.56. The van der Waals surface area contributed by atoms with Gasteiger partial charge in [0.15, 0.2) is 0 Å². The molecule has 0 aliphatic rings. The van der Waals surface area contributed by atoms with E-state index in [4.69, 9.17) is 16.3 Å². The number of ether oxygens (including phenoxy) is 1. The van der Waals surface area contributed by atoms with Gasteiger partial charge in [0.05, 0.1) is 6.10 Å². The largest absolute Gasteiger partial charge is 0.377 e. The van der Waals surface area contributed by atoms with Crippen LogP contribution in [0.2, 0.25) is 5.02 Å². The van der Waals surface area contributed by atoms with E-state index in [9.17, 15) is 4.39 Å². The van der Waals surface area contributed by atoms with Crippen LogP contribution in [0, 0.1) is 11.7 Å². The standard InChI is InChI=1S/C17H27ClFNO/c1-5-10-20-16(17(12(3)4)21-6-2)11-13-14(18)8-7-9-15(13)19/h7-9,12,16-17,20H,5-6,10-11H2,1-4H3. The van der Waals surface area contributed by atoms with Gasteiger partial charge in [0.2, 0.25) is 0 Å². The zero-order chi connectivity index (χ0) is 15.8. The van der Waals surface area contributed by atoms with Gasteiger partial charge in [-0.1, -0.05) is 38.4 Å². The molecule has 2 unspecified atom stereocenters. The normalized spacial score (nSPS) is 14.4. The Bertz CT molecular complexity index is 405. The molecule has 21 heavy (non-hydrogen) atoms. The van der Waals surface area contributed by atoms with Crippen LogP contribution >= 0.6 is 11.6 Å². The van der Waals surface area contributed by atoms with Crippen molar-refractivity contribution in [2.45, 2.75) is 52.7 Å². The summed E-state index contributed by atoms with van der Waals surface area (Å²) >= 11 is 6.16. The lowest BCUT2D eigenvalue weighted by molar-refractivity contribution is 0.00346. The third kappa shape index (κ3) is 5.57. The second kappa shape index (κ2) is 9.39. The molecule has 0 saturated carbocycles. The minimum atomic E-state index is -0.246. The van der Waals surface area contributed by atoms with Gasteiger partial charge in [0.1, 0.15) is 5.82 Å². The molecule has 0 spiro atoms. The monoisotopic (exact) mass is 315 g/mol. The van der Waals surface area contributed by atoms with Crippen molar-refractivity contribution >= 4 is 11.6 Å². The fraction of sp³-hybridized carbons (Fsp3) is 0.647. The van der Waals surface area contributed by atoms with Crippen LogP contribution in [0.4, 0.5) is 4.39 Å². The van der Waals surface area contributed by atoms with Crippen molar-refractivity contribution in [2.75, 3.05) is 13.2 Å². The summed E-state index contributed by atoms with van der Waals surface area (Å²) in [5.74, 6) is 0.106. The Morgan fingerprint density at radius 3 is 2.52 bits per heavy atom. The summed E-state index contributed by atoms with van der Waals surface area (Å²) < 4.78 is 19.9. The van der Waals surface area contributed by atoms with Crippen LogP contribution in [0.1, 0.15) is 39.7 Å². The maximum absolute atomic E-state index is 14.0. The van der Waals surface area contributed by atoms with E-state index in [0.717, 1.165) is 13.0 Å². The fourth-order valence-electron chi connectivity index (χ4n) is 2.55. The molecule has 0 radical (unpaired) electrons. The van der Waals surface area contributed by atoms with Crippen molar-refractivity contribution in [3.63, 3.8) is 0 Å². The van der Waals surface area contributed by atoms with Crippen LogP contribution in [0.25, 0.3) is 0 Å². The minimum Gasteiger partial charge on any atom is -0.377 e. The maximum Gasteiger partial charge on any atom is 0.127 e. The van der Waals surface area contributed by atoms with Crippen LogP contribution in [-0.4, -0.2) is 25.3 Å². The molecule has 0 heterocycles. The highest BCUT2D eigenvalue weighted by atomic mass is 35.5. The number of rotatable bonds is 9. The predicted molar refractivity (Wildman–Crippen MR) is 87.4 cm³/mol. The molecule has 0 aliphatic heterocycles. The predicted octanol–water partition coefficient (Wildman–Crippen LogP) is 4.45. The molecule has 0 amide bonds. The highest BCUT2D eigenvalue weighted by Crippen LogP contribution is 2.23. The SMILES string of the molecule is CCCNC(Cc1c(F)cccc1Cl)C(OCC)C(C)C. The molecule has 1 aromatic carbocycles. The molecule has 4 heteroatoms. The summed E-state index contributed by atoms with van der Waals surface area (Å²) in [7, 11) is 0. The molecule has 0 bridgehead atoms. The molecule has 120 valence electrons. The Kier molecular flexibility index (Phi) is 8.23. The average molecular weight is 316 g/mol. The van der Waals surface area contributed by atoms with Crippen LogP contribution in [0.5, 0.6) is 0 Å². The van der Waals surface area contributed by atoms with E-state index in [1.165, 1.54) is 6.07 Å². The van der Waals surface area contributed by atoms with Crippen LogP contribution in [0.15, 0.2) is 18.2 Å². The van der Waals surface area contributed by atoms with Crippen LogP contribution in [-0.2, 0) is 11.2 Å². The Labute approximate surface area is 133 Å². The molecule has 2 nitrogen and oxygen atoms in total. The lowest BCUT2D eigenvalue weighted by atomic mass is 9.93. The number of halogens is 2. The van der Waals surface area contributed by atoms with Crippen molar-refractivity contribution in [1.82, 2.24) is 5.32 Å². The molecular weight excluding hydrogens is 289 g/mol. The first-order valence-electron chi connectivity index (χ1n) is 7.79. The lowest BCUT2D eigenvalue weighted by Gasteiger charge is -2.31. The summed E-state index contributed by atoms with van der Waals surface area (Å²) in [5, 5.41) is 3.97. The van der Waals surface area contributed by atoms with Gasteiger partial charge in [-0.15, -0.1) is 0 Å². The Balaban J connectivity index is 2.95. The van der Waals surface area contributed by atoms with Crippen molar-refractivity contribution in [3.05, 3.63) is 34.6 Å². The lowest BCUT2D eigenvalue weighted by Crippen LogP contribution is -2.46. The van der Waals surface area contributed by atoms with Crippen molar-refractivity contribution in [2.24, 2.45) is 5.92 Å². The van der Waals surface area contributed by atoms with Gasteiger partial charge in [-0.3, -0.25) is 0 Å². The van der Waals surface area contributed by atoms with E-state index in [1.807, 2.05) is 6.92 Å². The fourth-order valence-corrected chi connectivity index (χ4v) is 2.79. The molecular formula is C17H27ClFNO. The zero-order valence-corrected chi connectivity index (χ0v) is 14.2. The summed E-state index contributed by atoms with van der Waals surface area (Å²) in [5.41, 5.74) is 0.568. The van der Waals surface area contributed by atoms with Crippen molar-refractivity contribution in [1.29, 1.82) is 0 Å². The zero-order valence-electron chi connectivity index (χ0n) is 13.5. The highest BCUT2D eigenvalue weighted by Gasteiger charge is 2.26. The van der Waals surface area contributed by atoms with Crippen molar-refractivity contribution < 1.29 is 9.13 Å². The molecule has 0 aromatic heterocycles. The van der Waals surface area contributed by atoms with Gasteiger partial charge in [-0.2, -0.15) is 0 Å². The van der Waals surface area contributed by atoms with E-state index >= 15 is 0 Å². The summed E-state index contributed by atoms with van der Waals surface area (Å²) in [6.07, 6.45) is 1.60. The third-order valence-corrected chi connectivity index (χ3v) is 3.91. The van der Waals surface area contributed by atoms with E-state index in [0.29, 0.717) is 29.5 Å². The highest BCUT2D eigenvalue weighted by molar-refractivity contribution is 6.31.